The summed E-state index contributed by atoms with van der Waals surface area (Å²) in [5.74, 6) is 0.223. The Morgan fingerprint density at radius 1 is 1.00 bits per heavy atom. The van der Waals surface area contributed by atoms with Crippen LogP contribution in [0.1, 0.15) is 12.5 Å². The minimum atomic E-state index is -1.18. The largest absolute Gasteiger partial charge is 0.491 e. The number of imide groups is 1. The first-order valence-electron chi connectivity index (χ1n) is 9.47. The van der Waals surface area contributed by atoms with Gasteiger partial charge in [-0.2, -0.15) is 0 Å². The average Bonchev–Trinajstić information content (AvgIpc) is 2.96. The number of carbonyl (C=O) groups is 2. The number of β-amino-alcohol motifs (C(OH)–C–C–N with tert-alkyl or cyclic N) is 1. The van der Waals surface area contributed by atoms with Crippen LogP contribution in [-0.4, -0.2) is 41.2 Å². The first kappa shape index (κ1) is 19.0. The van der Waals surface area contributed by atoms with E-state index in [2.05, 4.69) is 5.32 Å². The fourth-order valence-corrected chi connectivity index (χ4v) is 3.53. The summed E-state index contributed by atoms with van der Waals surface area (Å²) >= 11 is 0. The number of carbonyl (C=O) groups excluding carboxylic acids is 2. The van der Waals surface area contributed by atoms with Gasteiger partial charge in [0.1, 0.15) is 24.0 Å². The number of fused-ring (bicyclic) bond motifs is 1. The highest BCUT2D eigenvalue weighted by atomic mass is 16.5. The molecule has 0 radical (unpaired) electrons. The Balaban J connectivity index is 1.48. The smallest absolute Gasteiger partial charge is 0.325 e. The van der Waals surface area contributed by atoms with E-state index in [9.17, 15) is 14.7 Å². The van der Waals surface area contributed by atoms with Crippen LogP contribution in [0.4, 0.5) is 4.79 Å². The van der Waals surface area contributed by atoms with Crippen molar-refractivity contribution in [2.24, 2.45) is 0 Å². The van der Waals surface area contributed by atoms with Crippen molar-refractivity contribution in [1.29, 1.82) is 0 Å². The predicted molar refractivity (Wildman–Crippen MR) is 109 cm³/mol. The van der Waals surface area contributed by atoms with Gasteiger partial charge in [-0.15, -0.1) is 0 Å². The second-order valence-corrected chi connectivity index (χ2v) is 7.31. The Bertz CT molecular complexity index is 1050. The molecule has 1 saturated heterocycles. The third kappa shape index (κ3) is 3.67. The number of rotatable bonds is 6. The molecular weight excluding hydrogens is 368 g/mol. The lowest BCUT2D eigenvalue weighted by Crippen LogP contribution is -2.42. The molecule has 6 nitrogen and oxygen atoms in total. The number of ether oxygens (including phenoxy) is 1. The standard InChI is InChI=1S/C23H22N2O4/c1-23(18-12-11-16-7-5-6-8-17(16)13-18)21(27)25(22(28)24-23)14-19(26)15-29-20-9-3-2-4-10-20/h2-13,19,26H,14-15H2,1H3,(H,24,28)/t19-,23+/m0/s1. The van der Waals surface area contributed by atoms with E-state index in [-0.39, 0.29) is 13.2 Å². The van der Waals surface area contributed by atoms with Crippen molar-refractivity contribution >= 4 is 22.7 Å². The lowest BCUT2D eigenvalue weighted by molar-refractivity contribution is -0.132. The Hall–Kier alpha value is -3.38. The molecule has 4 rings (SSSR count). The van der Waals surface area contributed by atoms with Crippen LogP contribution < -0.4 is 10.1 Å². The molecule has 6 heteroatoms. The SMILES string of the molecule is C[C@]1(c2ccc3ccccc3c2)NC(=O)N(C[C@H](O)COc2ccccc2)C1=O. The van der Waals surface area contributed by atoms with Crippen molar-refractivity contribution in [1.82, 2.24) is 10.2 Å². The van der Waals surface area contributed by atoms with Gasteiger partial charge >= 0.3 is 6.03 Å². The molecule has 3 aromatic carbocycles. The monoisotopic (exact) mass is 390 g/mol. The molecule has 1 aliphatic heterocycles. The van der Waals surface area contributed by atoms with Gasteiger partial charge in [0, 0.05) is 0 Å². The zero-order valence-corrected chi connectivity index (χ0v) is 16.0. The molecule has 3 amide bonds. The van der Waals surface area contributed by atoms with Crippen LogP contribution in [0.2, 0.25) is 0 Å². The van der Waals surface area contributed by atoms with Crippen LogP contribution in [0.5, 0.6) is 5.75 Å². The number of aliphatic hydroxyl groups is 1. The number of hydrogen-bond donors (Lipinski definition) is 2. The van der Waals surface area contributed by atoms with Gasteiger partial charge in [-0.25, -0.2) is 4.79 Å². The fraction of sp³-hybridized carbons (Fsp3) is 0.217. The molecule has 0 unspecified atom stereocenters. The summed E-state index contributed by atoms with van der Waals surface area (Å²) in [5, 5.41) is 15.1. The number of para-hydroxylation sites is 1. The molecule has 2 N–H and O–H groups in total. The van der Waals surface area contributed by atoms with Gasteiger partial charge < -0.3 is 15.2 Å². The van der Waals surface area contributed by atoms with Gasteiger partial charge in [-0.05, 0) is 41.5 Å². The number of nitrogens with one attached hydrogen (secondary N) is 1. The summed E-state index contributed by atoms with van der Waals surface area (Å²) in [4.78, 5) is 26.6. The van der Waals surface area contributed by atoms with E-state index in [4.69, 9.17) is 4.74 Å². The maximum atomic E-state index is 13.1. The highest BCUT2D eigenvalue weighted by molar-refractivity contribution is 6.07. The van der Waals surface area contributed by atoms with E-state index in [1.807, 2.05) is 60.7 Å². The number of aliphatic hydroxyl groups excluding tert-OH is 1. The molecule has 0 spiro atoms. The van der Waals surface area contributed by atoms with Crippen molar-refractivity contribution in [2.45, 2.75) is 18.6 Å². The number of nitrogens with zero attached hydrogens (tertiary/aromatic N) is 1. The summed E-state index contributed by atoms with van der Waals surface area (Å²) in [6, 6.07) is 22.1. The van der Waals surface area contributed by atoms with E-state index in [1.54, 1.807) is 19.1 Å². The number of benzene rings is 3. The van der Waals surface area contributed by atoms with Crippen LogP contribution in [0.25, 0.3) is 10.8 Å². The van der Waals surface area contributed by atoms with Crippen LogP contribution >= 0.6 is 0 Å². The van der Waals surface area contributed by atoms with Gasteiger partial charge in [-0.3, -0.25) is 9.69 Å². The number of urea groups is 1. The van der Waals surface area contributed by atoms with E-state index in [0.29, 0.717) is 11.3 Å². The third-order valence-corrected chi connectivity index (χ3v) is 5.18. The molecule has 0 aliphatic carbocycles. The first-order chi connectivity index (χ1) is 14.0. The number of amides is 3. The zero-order valence-electron chi connectivity index (χ0n) is 16.0. The zero-order chi connectivity index (χ0) is 20.4. The molecule has 148 valence electrons. The van der Waals surface area contributed by atoms with Crippen LogP contribution in [0, 0.1) is 0 Å². The van der Waals surface area contributed by atoms with Gasteiger partial charge in [0.25, 0.3) is 5.91 Å². The van der Waals surface area contributed by atoms with Crippen molar-refractivity contribution in [3.63, 3.8) is 0 Å². The van der Waals surface area contributed by atoms with Gasteiger partial charge in [0.05, 0.1) is 6.54 Å². The molecule has 1 heterocycles. The minimum absolute atomic E-state index is 0.0201. The molecule has 3 aromatic rings. The Morgan fingerprint density at radius 3 is 2.45 bits per heavy atom. The maximum Gasteiger partial charge on any atom is 0.325 e. The minimum Gasteiger partial charge on any atom is -0.491 e. The van der Waals surface area contributed by atoms with Crippen LogP contribution in [-0.2, 0) is 10.3 Å². The lowest BCUT2D eigenvalue weighted by atomic mass is 9.90. The summed E-state index contributed by atoms with van der Waals surface area (Å²) in [5.41, 5.74) is -0.478. The third-order valence-electron chi connectivity index (χ3n) is 5.18. The van der Waals surface area contributed by atoms with Crippen molar-refractivity contribution < 1.29 is 19.4 Å². The molecule has 2 atom stereocenters. The highest BCUT2D eigenvalue weighted by Gasteiger charge is 2.49. The van der Waals surface area contributed by atoms with Gasteiger partial charge in [0.2, 0.25) is 0 Å². The summed E-state index contributed by atoms with van der Waals surface area (Å²) in [6.45, 7) is 1.53. The van der Waals surface area contributed by atoms with Crippen molar-refractivity contribution in [2.75, 3.05) is 13.2 Å². The summed E-state index contributed by atoms with van der Waals surface area (Å²) < 4.78 is 5.51. The lowest BCUT2D eigenvalue weighted by Gasteiger charge is -2.23. The normalized spacial score (nSPS) is 20.0. The topological polar surface area (TPSA) is 78.9 Å². The Morgan fingerprint density at radius 2 is 1.69 bits per heavy atom. The fourth-order valence-electron chi connectivity index (χ4n) is 3.53. The molecule has 0 aromatic heterocycles. The van der Waals surface area contributed by atoms with E-state index in [1.165, 1.54) is 0 Å². The van der Waals surface area contributed by atoms with Crippen molar-refractivity contribution in [3.05, 3.63) is 78.4 Å². The highest BCUT2D eigenvalue weighted by Crippen LogP contribution is 2.31. The second-order valence-electron chi connectivity index (χ2n) is 7.31. The molecule has 0 bridgehead atoms. The average molecular weight is 390 g/mol. The quantitative estimate of drug-likeness (QED) is 0.634. The summed E-state index contributed by atoms with van der Waals surface area (Å²) in [6.07, 6.45) is -0.996. The first-order valence-corrected chi connectivity index (χ1v) is 9.47. The van der Waals surface area contributed by atoms with Crippen LogP contribution in [0.15, 0.2) is 72.8 Å². The van der Waals surface area contributed by atoms with Crippen LogP contribution in [0.3, 0.4) is 0 Å². The Labute approximate surface area is 168 Å². The van der Waals surface area contributed by atoms with Crippen molar-refractivity contribution in [3.8, 4) is 5.75 Å². The molecule has 1 fully saturated rings. The summed E-state index contributed by atoms with van der Waals surface area (Å²) in [7, 11) is 0. The van der Waals surface area contributed by atoms with Gasteiger partial charge in [0.15, 0.2) is 0 Å². The van der Waals surface area contributed by atoms with E-state index in [0.717, 1.165) is 15.7 Å². The number of hydrogen-bond acceptors (Lipinski definition) is 4. The second kappa shape index (κ2) is 7.56. The predicted octanol–water partition coefficient (Wildman–Crippen LogP) is 3.05. The maximum absolute atomic E-state index is 13.1. The molecule has 0 saturated carbocycles. The van der Waals surface area contributed by atoms with E-state index < -0.39 is 23.6 Å². The molecule has 1 aliphatic rings. The molecule has 29 heavy (non-hydrogen) atoms. The van der Waals surface area contributed by atoms with Gasteiger partial charge in [-0.1, -0.05) is 54.6 Å². The van der Waals surface area contributed by atoms with E-state index >= 15 is 0 Å². The molecular formula is C23H22N2O4. The Kier molecular flexibility index (Phi) is 4.94.